The van der Waals surface area contributed by atoms with E-state index < -0.39 is 6.61 Å². The number of hydrogen-bond acceptors (Lipinski definition) is 8. The largest absolute Gasteiger partial charge is 0.491 e. The van der Waals surface area contributed by atoms with Gasteiger partial charge in [-0.05, 0) is 55.3 Å². The molecule has 1 saturated heterocycles. The summed E-state index contributed by atoms with van der Waals surface area (Å²) in [6.07, 6.45) is 4.91. The molecule has 37 heavy (non-hydrogen) atoms. The van der Waals surface area contributed by atoms with Gasteiger partial charge in [0.15, 0.2) is 0 Å². The molecule has 1 unspecified atom stereocenters. The molecule has 2 N–H and O–H groups in total. The molecular weight excluding hydrogens is 494 g/mol. The summed E-state index contributed by atoms with van der Waals surface area (Å²) in [7, 11) is 0. The predicted molar refractivity (Wildman–Crippen MR) is 140 cm³/mol. The molecule has 3 heterocycles. The fourth-order valence-electron chi connectivity index (χ4n) is 4.38. The Hall–Kier alpha value is -3.95. The molecule has 190 valence electrons. The number of nitrogens with zero attached hydrogens (tertiary/aromatic N) is 4. The summed E-state index contributed by atoms with van der Waals surface area (Å²) in [5.41, 5.74) is 2.24. The number of carbonyl (C=O) groups is 1. The second kappa shape index (κ2) is 11.4. The van der Waals surface area contributed by atoms with Crippen LogP contribution in [-0.2, 0) is 11.4 Å². The fourth-order valence-corrected chi connectivity index (χ4v) is 4.61. The van der Waals surface area contributed by atoms with Crippen LogP contribution in [0.4, 0.5) is 11.5 Å². The maximum absolute atomic E-state index is 12.0. The topological polar surface area (TPSA) is 110 Å². The molecule has 1 amide bonds. The summed E-state index contributed by atoms with van der Waals surface area (Å²) < 4.78 is 12.0. The van der Waals surface area contributed by atoms with Crippen molar-refractivity contribution in [1.29, 1.82) is 0 Å². The van der Waals surface area contributed by atoms with Gasteiger partial charge in [-0.2, -0.15) is 0 Å². The molecule has 0 bridgehead atoms. The molecule has 0 saturated carbocycles. The Morgan fingerprint density at radius 2 is 2.00 bits per heavy atom. The molecule has 5 rings (SSSR count). The van der Waals surface area contributed by atoms with Gasteiger partial charge in [-0.1, -0.05) is 23.7 Å². The number of nitrogens with one attached hydrogen (secondary N) is 1. The van der Waals surface area contributed by atoms with E-state index in [1.807, 2.05) is 42.5 Å². The Bertz CT molecular complexity index is 1380. The van der Waals surface area contributed by atoms with E-state index in [1.54, 1.807) is 23.2 Å². The summed E-state index contributed by atoms with van der Waals surface area (Å²) in [6, 6.07) is 16.6. The first kappa shape index (κ1) is 24.7. The summed E-state index contributed by atoms with van der Waals surface area (Å²) in [4.78, 5) is 26.8. The van der Waals surface area contributed by atoms with Crippen molar-refractivity contribution in [3.63, 3.8) is 0 Å². The van der Waals surface area contributed by atoms with Crippen LogP contribution in [0.2, 0.25) is 5.02 Å². The van der Waals surface area contributed by atoms with Crippen LogP contribution in [0.3, 0.4) is 0 Å². The average molecular weight is 520 g/mol. The highest BCUT2D eigenvalue weighted by Gasteiger charge is 2.29. The highest BCUT2D eigenvalue weighted by atomic mass is 35.5. The van der Waals surface area contributed by atoms with Gasteiger partial charge in [-0.15, -0.1) is 0 Å². The molecule has 2 aromatic heterocycles. The molecular formula is C27H26ClN5O4. The first-order valence-electron chi connectivity index (χ1n) is 12.0. The van der Waals surface area contributed by atoms with Crippen molar-refractivity contribution in [2.75, 3.05) is 25.1 Å². The SMILES string of the molecule is O=C(CO)N1CCCC1COc1cccc2ncnc(Nc3ccc(OCc4ccccn4)c(Cl)c3)c12. The summed E-state index contributed by atoms with van der Waals surface area (Å²) in [5, 5.41) is 13.7. The number of ether oxygens (including phenoxy) is 2. The molecule has 1 fully saturated rings. The van der Waals surface area contributed by atoms with Gasteiger partial charge >= 0.3 is 0 Å². The first-order valence-corrected chi connectivity index (χ1v) is 12.4. The van der Waals surface area contributed by atoms with E-state index in [9.17, 15) is 9.90 Å². The van der Waals surface area contributed by atoms with Crippen LogP contribution in [0.5, 0.6) is 11.5 Å². The van der Waals surface area contributed by atoms with Crippen molar-refractivity contribution in [3.05, 3.63) is 77.8 Å². The predicted octanol–water partition coefficient (Wildman–Crippen LogP) is 4.36. The molecule has 0 aliphatic carbocycles. The number of benzene rings is 2. The molecule has 1 aliphatic rings. The number of fused-ring (bicyclic) bond motifs is 1. The lowest BCUT2D eigenvalue weighted by atomic mass is 10.2. The zero-order chi connectivity index (χ0) is 25.6. The number of aliphatic hydroxyl groups is 1. The lowest BCUT2D eigenvalue weighted by Crippen LogP contribution is -2.40. The standard InChI is InChI=1S/C27H26ClN5O4/c28-21-13-18(9-10-23(21)36-15-19-5-1-2-11-29-19)32-27-26-22(30-17-31-27)7-3-8-24(26)37-16-20-6-4-12-33(20)25(35)14-34/h1-3,5,7-11,13,17,20,34H,4,6,12,14-16H2,(H,30,31,32). The third-order valence-corrected chi connectivity index (χ3v) is 6.48. The minimum atomic E-state index is -0.498. The van der Waals surface area contributed by atoms with Crippen LogP contribution in [0, 0.1) is 0 Å². The van der Waals surface area contributed by atoms with Gasteiger partial charge < -0.3 is 24.8 Å². The zero-order valence-corrected chi connectivity index (χ0v) is 20.8. The van der Waals surface area contributed by atoms with E-state index in [0.29, 0.717) is 47.6 Å². The minimum Gasteiger partial charge on any atom is -0.491 e. The maximum Gasteiger partial charge on any atom is 0.248 e. The Labute approximate surface area is 219 Å². The van der Waals surface area contributed by atoms with Crippen LogP contribution in [0.1, 0.15) is 18.5 Å². The highest BCUT2D eigenvalue weighted by molar-refractivity contribution is 6.32. The van der Waals surface area contributed by atoms with Crippen LogP contribution in [0.15, 0.2) is 67.1 Å². The van der Waals surface area contributed by atoms with Gasteiger partial charge in [0.25, 0.3) is 0 Å². The Kier molecular flexibility index (Phi) is 7.62. The molecule has 2 aromatic carbocycles. The van der Waals surface area contributed by atoms with Crippen molar-refractivity contribution >= 4 is 39.9 Å². The average Bonchev–Trinajstić information content (AvgIpc) is 3.40. The van der Waals surface area contributed by atoms with Crippen LogP contribution < -0.4 is 14.8 Å². The van der Waals surface area contributed by atoms with E-state index in [-0.39, 0.29) is 11.9 Å². The number of halogens is 1. The van der Waals surface area contributed by atoms with Gasteiger partial charge in [0.05, 0.1) is 27.7 Å². The van der Waals surface area contributed by atoms with E-state index in [2.05, 4.69) is 20.3 Å². The van der Waals surface area contributed by atoms with Crippen molar-refractivity contribution in [1.82, 2.24) is 19.9 Å². The third kappa shape index (κ3) is 5.73. The number of aromatic nitrogens is 3. The van der Waals surface area contributed by atoms with E-state index in [0.717, 1.165) is 29.6 Å². The van der Waals surface area contributed by atoms with E-state index >= 15 is 0 Å². The molecule has 4 aromatic rings. The number of rotatable bonds is 9. The second-order valence-corrected chi connectivity index (χ2v) is 9.01. The monoisotopic (exact) mass is 519 g/mol. The summed E-state index contributed by atoms with van der Waals surface area (Å²) in [6.45, 7) is 0.754. The maximum atomic E-state index is 12.0. The number of aliphatic hydroxyl groups excluding tert-OH is 1. The number of hydrogen-bond donors (Lipinski definition) is 2. The third-order valence-electron chi connectivity index (χ3n) is 6.18. The fraction of sp³-hybridized carbons (Fsp3) is 0.259. The molecule has 0 spiro atoms. The smallest absolute Gasteiger partial charge is 0.248 e. The number of amides is 1. The van der Waals surface area contributed by atoms with Crippen molar-refractivity contribution in [3.8, 4) is 11.5 Å². The molecule has 1 aliphatic heterocycles. The van der Waals surface area contributed by atoms with Crippen molar-refractivity contribution < 1.29 is 19.4 Å². The van der Waals surface area contributed by atoms with Gasteiger partial charge in [-0.3, -0.25) is 9.78 Å². The van der Waals surface area contributed by atoms with Gasteiger partial charge in [-0.25, -0.2) is 9.97 Å². The quantitative estimate of drug-likeness (QED) is 0.335. The lowest BCUT2D eigenvalue weighted by molar-refractivity contribution is -0.135. The highest BCUT2D eigenvalue weighted by Crippen LogP contribution is 2.34. The number of carbonyl (C=O) groups excluding carboxylic acids is 1. The van der Waals surface area contributed by atoms with Gasteiger partial charge in [0.2, 0.25) is 5.91 Å². The van der Waals surface area contributed by atoms with Crippen LogP contribution in [0.25, 0.3) is 10.9 Å². The first-order chi connectivity index (χ1) is 18.1. The summed E-state index contributed by atoms with van der Waals surface area (Å²) >= 11 is 6.49. The van der Waals surface area contributed by atoms with Gasteiger partial charge in [0, 0.05) is 18.4 Å². The number of anilines is 2. The number of pyridine rings is 1. The van der Waals surface area contributed by atoms with E-state index in [1.165, 1.54) is 6.33 Å². The van der Waals surface area contributed by atoms with Crippen molar-refractivity contribution in [2.24, 2.45) is 0 Å². The summed E-state index contributed by atoms with van der Waals surface area (Å²) in [5.74, 6) is 1.44. The van der Waals surface area contributed by atoms with E-state index in [4.69, 9.17) is 21.1 Å². The lowest BCUT2D eigenvalue weighted by Gasteiger charge is -2.24. The zero-order valence-electron chi connectivity index (χ0n) is 20.0. The van der Waals surface area contributed by atoms with Crippen LogP contribution in [-0.4, -0.2) is 56.7 Å². The Balaban J connectivity index is 1.33. The van der Waals surface area contributed by atoms with Crippen LogP contribution >= 0.6 is 11.6 Å². The van der Waals surface area contributed by atoms with Crippen molar-refractivity contribution in [2.45, 2.75) is 25.5 Å². The normalized spacial score (nSPS) is 15.1. The Morgan fingerprint density at radius 1 is 1.08 bits per heavy atom. The molecule has 1 atom stereocenters. The Morgan fingerprint density at radius 3 is 2.81 bits per heavy atom. The minimum absolute atomic E-state index is 0.0895. The van der Waals surface area contributed by atoms with Gasteiger partial charge in [0.1, 0.15) is 43.5 Å². The number of likely N-dealkylation sites (tertiary alicyclic amines) is 1. The molecule has 0 radical (unpaired) electrons. The molecule has 10 heteroatoms. The molecule has 9 nitrogen and oxygen atoms in total. The second-order valence-electron chi connectivity index (χ2n) is 8.60.